The molecule has 0 radical (unpaired) electrons. The maximum Gasteiger partial charge on any atom is 0.145 e. The molecule has 214 valence electrons. The summed E-state index contributed by atoms with van der Waals surface area (Å²) in [6, 6.07) is 43.2. The molecule has 0 bridgehead atoms. The molecule has 0 unspecified atom stereocenters. The highest BCUT2D eigenvalue weighted by Gasteiger charge is 2.23. The molecule has 0 amide bonds. The number of aromatic nitrogens is 3. The molecule has 0 atom stereocenters. The van der Waals surface area contributed by atoms with Gasteiger partial charge in [0.2, 0.25) is 0 Å². The van der Waals surface area contributed by atoms with Crippen LogP contribution in [0.3, 0.4) is 0 Å². The number of pyridine rings is 1. The van der Waals surface area contributed by atoms with Crippen LogP contribution in [0.2, 0.25) is 0 Å². The average molecular weight is 582 g/mol. The molecule has 1 aliphatic carbocycles. The molecule has 5 aromatic carbocycles. The summed E-state index contributed by atoms with van der Waals surface area (Å²) in [5.74, 6) is 1.08. The van der Waals surface area contributed by atoms with Crippen molar-refractivity contribution in [1.29, 1.82) is 0 Å². The van der Waals surface area contributed by atoms with Crippen molar-refractivity contribution in [1.82, 2.24) is 14.5 Å². The van der Waals surface area contributed by atoms with E-state index in [2.05, 4.69) is 89.6 Å². The van der Waals surface area contributed by atoms with Crippen molar-refractivity contribution in [2.75, 3.05) is 0 Å². The second kappa shape index (κ2) is 10.1. The van der Waals surface area contributed by atoms with Crippen LogP contribution in [0, 0.1) is 0 Å². The van der Waals surface area contributed by atoms with Crippen LogP contribution in [0.1, 0.15) is 11.1 Å². The summed E-state index contributed by atoms with van der Waals surface area (Å²) in [7, 11) is 0. The van der Waals surface area contributed by atoms with Gasteiger partial charge in [0.1, 0.15) is 28.4 Å². The van der Waals surface area contributed by atoms with Crippen LogP contribution in [-0.4, -0.2) is 19.6 Å². The zero-order valence-electron chi connectivity index (χ0n) is 24.3. The van der Waals surface area contributed by atoms with Crippen LogP contribution in [0.15, 0.2) is 138 Å². The Morgan fingerprint density at radius 1 is 0.578 bits per heavy atom. The van der Waals surface area contributed by atoms with Crippen molar-refractivity contribution >= 4 is 21.9 Å². The van der Waals surface area contributed by atoms with E-state index in [4.69, 9.17) is 14.4 Å². The van der Waals surface area contributed by atoms with Gasteiger partial charge in [-0.15, -0.1) is 0 Å². The molecular weight excluding hydrogens is 554 g/mol. The minimum absolute atomic E-state index is 0.268. The molecule has 9 rings (SSSR count). The first-order valence-electron chi connectivity index (χ1n) is 15.2. The number of fused-ring (bicyclic) bond motifs is 6. The molecule has 45 heavy (non-hydrogen) atoms. The maximum atomic E-state index is 10.8. The number of hydrogen-bond acceptors (Lipinski definition) is 4. The first kappa shape index (κ1) is 25.5. The Hall–Kier alpha value is -5.94. The molecule has 0 saturated heterocycles. The highest BCUT2D eigenvalue weighted by atomic mass is 16.3. The minimum Gasteiger partial charge on any atom is -0.507 e. The Kier molecular flexibility index (Phi) is 5.72. The van der Waals surface area contributed by atoms with Crippen molar-refractivity contribution in [2.45, 2.75) is 12.8 Å². The number of rotatable bonds is 4. The van der Waals surface area contributed by atoms with Gasteiger partial charge in [-0.1, -0.05) is 72.8 Å². The number of phenolic OH excluding ortho intramolecular Hbond substituents is 1. The van der Waals surface area contributed by atoms with Gasteiger partial charge in [0.15, 0.2) is 0 Å². The van der Waals surface area contributed by atoms with E-state index in [-0.39, 0.29) is 5.75 Å². The first-order chi connectivity index (χ1) is 22.2. The number of hydrogen-bond donors (Lipinski definition) is 1. The lowest BCUT2D eigenvalue weighted by molar-refractivity contribution is 0.476. The zero-order valence-corrected chi connectivity index (χ0v) is 24.3. The highest BCUT2D eigenvalue weighted by molar-refractivity contribution is 6.07. The van der Waals surface area contributed by atoms with E-state index in [0.29, 0.717) is 0 Å². The zero-order chi connectivity index (χ0) is 29.9. The Morgan fingerprint density at radius 3 is 2.09 bits per heavy atom. The second-order valence-corrected chi connectivity index (χ2v) is 11.6. The van der Waals surface area contributed by atoms with Crippen molar-refractivity contribution in [3.05, 3.63) is 145 Å². The Bertz CT molecular complexity index is 2390. The summed E-state index contributed by atoms with van der Waals surface area (Å²) in [5, 5.41) is 12.9. The van der Waals surface area contributed by atoms with E-state index < -0.39 is 0 Å². The molecule has 0 saturated carbocycles. The van der Waals surface area contributed by atoms with Gasteiger partial charge in [0, 0.05) is 33.8 Å². The fourth-order valence-electron chi connectivity index (χ4n) is 6.61. The van der Waals surface area contributed by atoms with Gasteiger partial charge >= 0.3 is 0 Å². The number of para-hydroxylation sites is 1. The normalized spacial score (nSPS) is 12.4. The molecule has 5 heteroatoms. The van der Waals surface area contributed by atoms with E-state index in [9.17, 15) is 5.11 Å². The third-order valence-corrected chi connectivity index (χ3v) is 8.85. The highest BCUT2D eigenvalue weighted by Crippen LogP contribution is 2.40. The van der Waals surface area contributed by atoms with Gasteiger partial charge in [0.05, 0.1) is 11.4 Å². The summed E-state index contributed by atoms with van der Waals surface area (Å²) < 4.78 is 8.38. The predicted molar refractivity (Wildman–Crippen MR) is 179 cm³/mol. The molecule has 0 aliphatic heterocycles. The molecule has 0 spiro atoms. The van der Waals surface area contributed by atoms with Crippen LogP contribution in [0.4, 0.5) is 0 Å². The smallest absolute Gasteiger partial charge is 0.145 e. The topological polar surface area (TPSA) is 64.1 Å². The van der Waals surface area contributed by atoms with Crippen molar-refractivity contribution in [2.24, 2.45) is 0 Å². The minimum atomic E-state index is 0.268. The molecule has 3 heterocycles. The lowest BCUT2D eigenvalue weighted by atomic mass is 9.88. The molecular formula is C40H27N3O2. The van der Waals surface area contributed by atoms with Gasteiger partial charge < -0.3 is 9.52 Å². The van der Waals surface area contributed by atoms with Crippen LogP contribution in [-0.2, 0) is 12.8 Å². The standard InChI is InChI=1S/C40H27N3O2/c44-35-13-7-10-26-14-15-27-16-19-33(41-39(27)38(26)35)34-24-43(30-11-5-2-6-12-30)40(42-34)29-18-21-37-32(23-29)31-22-28(17-20-36(31)45-37)25-8-3-1-4-9-25/h1-13,16-24,44H,14-15H2. The predicted octanol–water partition coefficient (Wildman–Crippen LogP) is 9.64. The summed E-state index contributed by atoms with van der Waals surface area (Å²) in [6.45, 7) is 0. The van der Waals surface area contributed by atoms with Crippen LogP contribution >= 0.6 is 0 Å². The number of aryl methyl sites for hydroxylation is 2. The van der Waals surface area contributed by atoms with E-state index in [1.807, 2.05) is 42.5 Å². The Balaban J connectivity index is 1.21. The van der Waals surface area contributed by atoms with Crippen LogP contribution in [0.5, 0.6) is 5.75 Å². The summed E-state index contributed by atoms with van der Waals surface area (Å²) in [6.07, 6.45) is 3.84. The average Bonchev–Trinajstić information content (AvgIpc) is 3.70. The maximum absolute atomic E-state index is 10.8. The quantitative estimate of drug-likeness (QED) is 0.225. The van der Waals surface area contributed by atoms with Gasteiger partial charge in [-0.3, -0.25) is 4.57 Å². The molecule has 1 N–H and O–H groups in total. The molecule has 8 aromatic rings. The van der Waals surface area contributed by atoms with Crippen molar-refractivity contribution in [3.63, 3.8) is 0 Å². The molecule has 5 nitrogen and oxygen atoms in total. The van der Waals surface area contributed by atoms with Crippen LogP contribution < -0.4 is 0 Å². The third kappa shape index (κ3) is 4.24. The summed E-state index contributed by atoms with van der Waals surface area (Å²) in [4.78, 5) is 10.3. The van der Waals surface area contributed by atoms with Gasteiger partial charge in [0.25, 0.3) is 0 Å². The fraction of sp³-hybridized carbons (Fsp3) is 0.0500. The lowest BCUT2D eigenvalue weighted by Crippen LogP contribution is -2.06. The number of imidazole rings is 1. The molecule has 3 aromatic heterocycles. The number of nitrogens with zero attached hydrogens (tertiary/aromatic N) is 3. The van der Waals surface area contributed by atoms with Gasteiger partial charge in [-0.25, -0.2) is 9.97 Å². The van der Waals surface area contributed by atoms with E-state index in [1.165, 1.54) is 5.56 Å². The largest absolute Gasteiger partial charge is 0.507 e. The number of furan rings is 1. The second-order valence-electron chi connectivity index (χ2n) is 11.6. The Labute approximate surface area is 259 Å². The first-order valence-corrected chi connectivity index (χ1v) is 15.2. The SMILES string of the molecule is Oc1cccc2c1-c1nc(-c3cn(-c4ccccc4)c(-c4ccc5oc6ccc(-c7ccccc7)cc6c5c4)n3)ccc1CC2. The van der Waals surface area contributed by atoms with Crippen molar-refractivity contribution in [3.8, 4) is 56.6 Å². The Morgan fingerprint density at radius 2 is 1.29 bits per heavy atom. The fourth-order valence-corrected chi connectivity index (χ4v) is 6.61. The number of aromatic hydroxyl groups is 1. The number of benzene rings is 5. The van der Waals surface area contributed by atoms with Crippen molar-refractivity contribution < 1.29 is 9.52 Å². The van der Waals surface area contributed by atoms with E-state index in [0.717, 1.165) is 91.2 Å². The van der Waals surface area contributed by atoms with E-state index in [1.54, 1.807) is 6.07 Å². The third-order valence-electron chi connectivity index (χ3n) is 8.85. The summed E-state index contributed by atoms with van der Waals surface area (Å²) in [5.41, 5.74) is 11.5. The van der Waals surface area contributed by atoms with Crippen LogP contribution in [0.25, 0.3) is 72.8 Å². The van der Waals surface area contributed by atoms with E-state index >= 15 is 0 Å². The summed E-state index contributed by atoms with van der Waals surface area (Å²) >= 11 is 0. The number of phenols is 1. The molecule has 0 fully saturated rings. The van der Waals surface area contributed by atoms with Gasteiger partial charge in [-0.05, 0) is 89.7 Å². The monoisotopic (exact) mass is 581 g/mol. The molecule has 1 aliphatic rings. The lowest BCUT2D eigenvalue weighted by Gasteiger charge is -2.20. The van der Waals surface area contributed by atoms with Gasteiger partial charge in [-0.2, -0.15) is 0 Å².